The van der Waals surface area contributed by atoms with Crippen LogP contribution in [-0.4, -0.2) is 13.1 Å². The lowest BCUT2D eigenvalue weighted by atomic mass is 10.1. The van der Waals surface area contributed by atoms with E-state index in [1.165, 1.54) is 13.2 Å². The van der Waals surface area contributed by atoms with Crippen LogP contribution in [0.4, 0.5) is 0 Å². The summed E-state index contributed by atoms with van der Waals surface area (Å²) in [5.41, 5.74) is 0. The minimum atomic E-state index is -0.277. The van der Waals surface area contributed by atoms with Crippen molar-refractivity contribution in [3.8, 4) is 0 Å². The fourth-order valence-corrected chi connectivity index (χ4v) is 0.447. The highest BCUT2D eigenvalue weighted by Gasteiger charge is 1.93. The molecule has 10 heavy (non-hydrogen) atoms. The molecule has 0 amide bonds. The van der Waals surface area contributed by atoms with Gasteiger partial charge >= 0.3 is 5.97 Å². The Morgan fingerprint density at radius 2 is 2.30 bits per heavy atom. The summed E-state index contributed by atoms with van der Waals surface area (Å²) in [4.78, 5) is 10.5. The third kappa shape index (κ3) is 4.13. The molecular formula is C8H14O2. The summed E-state index contributed by atoms with van der Waals surface area (Å²) in [6.07, 6.45) is 4.37. The van der Waals surface area contributed by atoms with E-state index in [-0.39, 0.29) is 5.97 Å². The summed E-state index contributed by atoms with van der Waals surface area (Å²) in [5, 5.41) is 0. The topological polar surface area (TPSA) is 26.3 Å². The molecule has 0 aromatic rings. The van der Waals surface area contributed by atoms with Crippen molar-refractivity contribution in [1.82, 2.24) is 0 Å². The van der Waals surface area contributed by atoms with Crippen LogP contribution in [0.1, 0.15) is 20.3 Å². The minimum Gasteiger partial charge on any atom is -0.466 e. The highest BCUT2D eigenvalue weighted by molar-refractivity contribution is 5.81. The van der Waals surface area contributed by atoms with Crippen molar-refractivity contribution in [3.63, 3.8) is 0 Å². The van der Waals surface area contributed by atoms with Crippen LogP contribution in [0.25, 0.3) is 0 Å². The van der Waals surface area contributed by atoms with E-state index < -0.39 is 0 Å². The van der Waals surface area contributed by atoms with Crippen LogP contribution in [0.2, 0.25) is 0 Å². The van der Waals surface area contributed by atoms with E-state index >= 15 is 0 Å². The fourth-order valence-electron chi connectivity index (χ4n) is 0.447. The third-order valence-corrected chi connectivity index (χ3v) is 1.41. The summed E-state index contributed by atoms with van der Waals surface area (Å²) in [5.74, 6) is 0.180. The maximum absolute atomic E-state index is 10.5. The molecule has 0 aliphatic carbocycles. The zero-order valence-electron chi connectivity index (χ0n) is 6.76. The molecule has 0 rings (SSSR count). The molecule has 2 heteroatoms. The van der Waals surface area contributed by atoms with E-state index in [2.05, 4.69) is 18.6 Å². The van der Waals surface area contributed by atoms with Gasteiger partial charge in [-0.15, -0.1) is 0 Å². The summed E-state index contributed by atoms with van der Waals surface area (Å²) in [6.45, 7) is 4.13. The van der Waals surface area contributed by atoms with Crippen molar-refractivity contribution in [3.05, 3.63) is 12.2 Å². The van der Waals surface area contributed by atoms with Gasteiger partial charge in [-0.2, -0.15) is 0 Å². The standard InChI is InChI=1S/C8H14O2/c1-4-7(2)5-6-8(9)10-3/h5-7H,4H2,1-3H3. The number of hydrogen-bond donors (Lipinski definition) is 0. The van der Waals surface area contributed by atoms with Gasteiger partial charge in [0.1, 0.15) is 0 Å². The Morgan fingerprint density at radius 1 is 1.70 bits per heavy atom. The van der Waals surface area contributed by atoms with Gasteiger partial charge in [-0.1, -0.05) is 26.3 Å². The third-order valence-electron chi connectivity index (χ3n) is 1.41. The zero-order valence-corrected chi connectivity index (χ0v) is 6.76. The zero-order chi connectivity index (χ0) is 7.98. The van der Waals surface area contributed by atoms with Crippen LogP contribution >= 0.6 is 0 Å². The molecule has 0 fully saturated rings. The molecule has 0 radical (unpaired) electrons. The van der Waals surface area contributed by atoms with Crippen LogP contribution in [0, 0.1) is 5.92 Å². The first-order valence-corrected chi connectivity index (χ1v) is 3.46. The number of carbonyl (C=O) groups is 1. The number of methoxy groups -OCH3 is 1. The van der Waals surface area contributed by atoms with Gasteiger partial charge in [-0.3, -0.25) is 0 Å². The van der Waals surface area contributed by atoms with E-state index in [0.29, 0.717) is 5.92 Å². The molecule has 0 saturated carbocycles. The Labute approximate surface area is 61.9 Å². The predicted octanol–water partition coefficient (Wildman–Crippen LogP) is 1.76. The van der Waals surface area contributed by atoms with Gasteiger partial charge in [0.25, 0.3) is 0 Å². The van der Waals surface area contributed by atoms with Gasteiger partial charge < -0.3 is 4.74 Å². The Kier molecular flexibility index (Phi) is 4.63. The fraction of sp³-hybridized carbons (Fsp3) is 0.625. The summed E-state index contributed by atoms with van der Waals surface area (Å²) >= 11 is 0. The molecule has 58 valence electrons. The van der Waals surface area contributed by atoms with Gasteiger partial charge in [0, 0.05) is 6.08 Å². The molecule has 0 aromatic carbocycles. The SMILES string of the molecule is CCC(C)C=CC(=O)OC. The summed E-state index contributed by atoms with van der Waals surface area (Å²) in [7, 11) is 1.38. The van der Waals surface area contributed by atoms with Gasteiger partial charge in [0.2, 0.25) is 0 Å². The molecule has 0 spiro atoms. The Bertz CT molecular complexity index is 127. The van der Waals surface area contributed by atoms with Crippen LogP contribution < -0.4 is 0 Å². The lowest BCUT2D eigenvalue weighted by molar-refractivity contribution is -0.134. The quantitative estimate of drug-likeness (QED) is 0.443. The van der Waals surface area contributed by atoms with E-state index in [4.69, 9.17) is 0 Å². The number of ether oxygens (including phenoxy) is 1. The maximum atomic E-state index is 10.5. The number of hydrogen-bond acceptors (Lipinski definition) is 2. The van der Waals surface area contributed by atoms with Crippen LogP contribution in [0.3, 0.4) is 0 Å². The smallest absolute Gasteiger partial charge is 0.330 e. The molecule has 0 saturated heterocycles. The monoisotopic (exact) mass is 142 g/mol. The second kappa shape index (κ2) is 5.03. The number of rotatable bonds is 3. The molecule has 0 aromatic heterocycles. The van der Waals surface area contributed by atoms with Crippen LogP contribution in [0.5, 0.6) is 0 Å². The predicted molar refractivity (Wildman–Crippen MR) is 40.6 cm³/mol. The Hall–Kier alpha value is -0.790. The van der Waals surface area contributed by atoms with Crippen molar-refractivity contribution in [1.29, 1.82) is 0 Å². The largest absolute Gasteiger partial charge is 0.466 e. The van der Waals surface area contributed by atoms with Crippen LogP contribution in [0.15, 0.2) is 12.2 Å². The Morgan fingerprint density at radius 3 is 2.70 bits per heavy atom. The molecule has 0 bridgehead atoms. The summed E-state index contributed by atoms with van der Waals surface area (Å²) < 4.78 is 4.42. The summed E-state index contributed by atoms with van der Waals surface area (Å²) in [6, 6.07) is 0. The van der Waals surface area contributed by atoms with Gasteiger partial charge in [0.05, 0.1) is 7.11 Å². The van der Waals surface area contributed by atoms with Crippen molar-refractivity contribution in [2.75, 3.05) is 7.11 Å². The van der Waals surface area contributed by atoms with Crippen LogP contribution in [-0.2, 0) is 9.53 Å². The van der Waals surface area contributed by atoms with Crippen molar-refractivity contribution >= 4 is 5.97 Å². The molecule has 0 aliphatic rings. The highest BCUT2D eigenvalue weighted by atomic mass is 16.5. The van der Waals surface area contributed by atoms with Gasteiger partial charge in [-0.05, 0) is 5.92 Å². The molecule has 0 heterocycles. The average molecular weight is 142 g/mol. The number of esters is 1. The second-order valence-corrected chi connectivity index (χ2v) is 2.27. The van der Waals surface area contributed by atoms with Gasteiger partial charge in [0.15, 0.2) is 0 Å². The van der Waals surface area contributed by atoms with Crippen molar-refractivity contribution < 1.29 is 9.53 Å². The Balaban J connectivity index is 3.63. The molecule has 1 unspecified atom stereocenters. The number of carbonyl (C=O) groups excluding carboxylic acids is 1. The lowest BCUT2D eigenvalue weighted by Crippen LogP contribution is -1.95. The van der Waals surface area contributed by atoms with E-state index in [1.54, 1.807) is 0 Å². The lowest BCUT2D eigenvalue weighted by Gasteiger charge is -1.97. The molecule has 0 aliphatic heterocycles. The molecule has 0 N–H and O–H groups in total. The molecular weight excluding hydrogens is 128 g/mol. The first kappa shape index (κ1) is 9.21. The molecule has 2 nitrogen and oxygen atoms in total. The van der Waals surface area contributed by atoms with E-state index in [9.17, 15) is 4.79 Å². The highest BCUT2D eigenvalue weighted by Crippen LogP contribution is 2.01. The minimum absolute atomic E-state index is 0.277. The first-order chi connectivity index (χ1) is 4.70. The second-order valence-electron chi connectivity index (χ2n) is 2.27. The molecule has 1 atom stereocenters. The number of allylic oxidation sites excluding steroid dienone is 1. The van der Waals surface area contributed by atoms with Gasteiger partial charge in [-0.25, -0.2) is 4.79 Å². The first-order valence-electron chi connectivity index (χ1n) is 3.46. The van der Waals surface area contributed by atoms with E-state index in [0.717, 1.165) is 6.42 Å². The van der Waals surface area contributed by atoms with Crippen molar-refractivity contribution in [2.24, 2.45) is 5.92 Å². The normalized spacial score (nSPS) is 13.5. The van der Waals surface area contributed by atoms with Crippen molar-refractivity contribution in [2.45, 2.75) is 20.3 Å². The average Bonchev–Trinajstić information content (AvgIpc) is 1.99. The maximum Gasteiger partial charge on any atom is 0.330 e. The van der Waals surface area contributed by atoms with E-state index in [1.807, 2.05) is 6.08 Å².